The van der Waals surface area contributed by atoms with Gasteiger partial charge in [0.15, 0.2) is 0 Å². The molecule has 0 amide bonds. The van der Waals surface area contributed by atoms with Gasteiger partial charge in [-0.3, -0.25) is 4.39 Å². The van der Waals surface area contributed by atoms with Gasteiger partial charge in [0.1, 0.15) is 0 Å². The number of alkyl halides is 1. The van der Waals surface area contributed by atoms with Crippen molar-refractivity contribution in [2.75, 3.05) is 32.9 Å². The minimum absolute atomic E-state index is 0.166. The van der Waals surface area contributed by atoms with E-state index < -0.39 is 0 Å². The predicted octanol–water partition coefficient (Wildman–Crippen LogP) is 0.236. The molecule has 1 aliphatic rings. The third-order valence-electron chi connectivity index (χ3n) is 2.03. The van der Waals surface area contributed by atoms with E-state index in [1.807, 2.05) is 0 Å². The molecule has 2 nitrogen and oxygen atoms in total. The zero-order valence-corrected chi connectivity index (χ0v) is 6.22. The Morgan fingerprint density at radius 3 is 2.90 bits per heavy atom. The highest BCUT2D eigenvalue weighted by Gasteiger charge is 2.20. The summed E-state index contributed by atoms with van der Waals surface area (Å²) in [4.78, 5) is 2.23. The Kier molecular flexibility index (Phi) is 3.09. The lowest BCUT2D eigenvalue weighted by Crippen LogP contribution is -2.27. The third kappa shape index (κ3) is 1.92. The molecule has 1 saturated heterocycles. The fraction of sp³-hybridized carbons (Fsp3) is 1.00. The molecule has 1 heterocycles. The molecule has 1 unspecified atom stereocenters. The summed E-state index contributed by atoms with van der Waals surface area (Å²) < 4.78 is 12.1. The van der Waals surface area contributed by atoms with E-state index in [0.29, 0.717) is 6.54 Å². The van der Waals surface area contributed by atoms with E-state index in [0.717, 1.165) is 26.1 Å². The van der Waals surface area contributed by atoms with Gasteiger partial charge in [-0.15, -0.1) is 0 Å². The van der Waals surface area contributed by atoms with Gasteiger partial charge < -0.3 is 10.6 Å². The maximum absolute atomic E-state index is 12.1. The molecule has 0 aliphatic carbocycles. The molecule has 0 spiro atoms. The summed E-state index contributed by atoms with van der Waals surface area (Å²) >= 11 is 0. The second-order valence-corrected chi connectivity index (χ2v) is 2.90. The quantitative estimate of drug-likeness (QED) is 0.618. The first-order valence-corrected chi connectivity index (χ1v) is 3.85. The number of nitrogens with two attached hydrogens (primary N) is 1. The van der Waals surface area contributed by atoms with Gasteiger partial charge in [-0.05, 0) is 13.0 Å². The van der Waals surface area contributed by atoms with Crippen molar-refractivity contribution in [3.05, 3.63) is 0 Å². The Morgan fingerprint density at radius 2 is 2.40 bits per heavy atom. The van der Waals surface area contributed by atoms with Gasteiger partial charge in [0.2, 0.25) is 0 Å². The highest BCUT2D eigenvalue weighted by molar-refractivity contribution is 4.74. The summed E-state index contributed by atoms with van der Waals surface area (Å²) in [6.45, 7) is 3.40. The van der Waals surface area contributed by atoms with Crippen LogP contribution in [0.1, 0.15) is 6.42 Å². The van der Waals surface area contributed by atoms with Gasteiger partial charge in [0.05, 0.1) is 6.67 Å². The molecule has 60 valence electrons. The molecule has 1 atom stereocenters. The lowest BCUT2D eigenvalue weighted by atomic mass is 10.1. The fourth-order valence-electron chi connectivity index (χ4n) is 1.42. The lowest BCUT2D eigenvalue weighted by molar-refractivity contribution is 0.309. The Hall–Kier alpha value is -0.150. The molecule has 0 aromatic heterocycles. The first kappa shape index (κ1) is 7.95. The zero-order valence-electron chi connectivity index (χ0n) is 6.22. The molecule has 1 aliphatic heterocycles. The Bertz CT molecular complexity index is 97.6. The number of rotatable bonds is 3. The van der Waals surface area contributed by atoms with E-state index in [1.165, 1.54) is 0 Å². The molecule has 0 bridgehead atoms. The van der Waals surface area contributed by atoms with Crippen LogP contribution >= 0.6 is 0 Å². The predicted molar refractivity (Wildman–Crippen MR) is 39.6 cm³/mol. The van der Waals surface area contributed by atoms with Crippen LogP contribution in [-0.4, -0.2) is 37.8 Å². The smallest absolute Gasteiger partial charge is 0.0935 e. The molecule has 0 aromatic rings. The standard InChI is InChI=1S/C7H15FN2/c8-5-7-1-3-10(6-7)4-2-9/h7H,1-6,9H2. The summed E-state index contributed by atoms with van der Waals surface area (Å²) in [6.07, 6.45) is 1.01. The molecule has 1 fully saturated rings. The normalized spacial score (nSPS) is 27.6. The van der Waals surface area contributed by atoms with Crippen LogP contribution in [0.2, 0.25) is 0 Å². The van der Waals surface area contributed by atoms with Crippen molar-refractivity contribution in [1.82, 2.24) is 4.90 Å². The summed E-state index contributed by atoms with van der Waals surface area (Å²) in [5.41, 5.74) is 5.36. The number of hydrogen-bond acceptors (Lipinski definition) is 2. The van der Waals surface area contributed by atoms with Gasteiger partial charge >= 0.3 is 0 Å². The largest absolute Gasteiger partial charge is 0.329 e. The van der Waals surface area contributed by atoms with E-state index in [2.05, 4.69) is 4.90 Å². The highest BCUT2D eigenvalue weighted by Crippen LogP contribution is 2.15. The first-order chi connectivity index (χ1) is 4.86. The number of nitrogens with zero attached hydrogens (tertiary/aromatic N) is 1. The van der Waals surface area contributed by atoms with Crippen LogP contribution in [0.3, 0.4) is 0 Å². The van der Waals surface area contributed by atoms with Crippen LogP contribution in [0, 0.1) is 5.92 Å². The van der Waals surface area contributed by atoms with Crippen molar-refractivity contribution >= 4 is 0 Å². The van der Waals surface area contributed by atoms with Crippen LogP contribution in [0.5, 0.6) is 0 Å². The maximum Gasteiger partial charge on any atom is 0.0935 e. The van der Waals surface area contributed by atoms with E-state index in [9.17, 15) is 4.39 Å². The number of likely N-dealkylation sites (tertiary alicyclic amines) is 1. The fourth-order valence-corrected chi connectivity index (χ4v) is 1.42. The second-order valence-electron chi connectivity index (χ2n) is 2.90. The monoisotopic (exact) mass is 146 g/mol. The molecular formula is C7H15FN2. The van der Waals surface area contributed by atoms with Crippen molar-refractivity contribution in [3.63, 3.8) is 0 Å². The Balaban J connectivity index is 2.15. The molecule has 1 rings (SSSR count). The minimum Gasteiger partial charge on any atom is -0.329 e. The van der Waals surface area contributed by atoms with Crippen LogP contribution in [0.15, 0.2) is 0 Å². The number of hydrogen-bond donors (Lipinski definition) is 1. The van der Waals surface area contributed by atoms with E-state index in [-0.39, 0.29) is 12.6 Å². The molecule has 3 heteroatoms. The number of halogens is 1. The maximum atomic E-state index is 12.1. The van der Waals surface area contributed by atoms with Crippen LogP contribution in [0.25, 0.3) is 0 Å². The molecule has 2 N–H and O–H groups in total. The van der Waals surface area contributed by atoms with E-state index in [1.54, 1.807) is 0 Å². The summed E-state index contributed by atoms with van der Waals surface area (Å²) in [6, 6.07) is 0. The molecule has 0 saturated carbocycles. The van der Waals surface area contributed by atoms with E-state index in [4.69, 9.17) is 5.73 Å². The summed E-state index contributed by atoms with van der Waals surface area (Å²) in [5, 5.41) is 0. The van der Waals surface area contributed by atoms with Crippen molar-refractivity contribution in [2.24, 2.45) is 11.7 Å². The van der Waals surface area contributed by atoms with Crippen molar-refractivity contribution in [2.45, 2.75) is 6.42 Å². The topological polar surface area (TPSA) is 29.3 Å². The van der Waals surface area contributed by atoms with Gasteiger partial charge in [-0.1, -0.05) is 0 Å². The molecule has 10 heavy (non-hydrogen) atoms. The summed E-state index contributed by atoms with van der Waals surface area (Å²) in [5.74, 6) is 0.284. The van der Waals surface area contributed by atoms with Crippen LogP contribution < -0.4 is 5.73 Å². The van der Waals surface area contributed by atoms with Crippen molar-refractivity contribution in [3.8, 4) is 0 Å². The minimum atomic E-state index is -0.166. The van der Waals surface area contributed by atoms with Gasteiger partial charge in [0.25, 0.3) is 0 Å². The lowest BCUT2D eigenvalue weighted by Gasteiger charge is -2.12. The van der Waals surface area contributed by atoms with Gasteiger partial charge in [0, 0.05) is 25.6 Å². The highest BCUT2D eigenvalue weighted by atomic mass is 19.1. The van der Waals surface area contributed by atoms with Crippen LogP contribution in [0.4, 0.5) is 4.39 Å². The first-order valence-electron chi connectivity index (χ1n) is 3.85. The Morgan fingerprint density at radius 1 is 1.60 bits per heavy atom. The Labute approximate surface area is 61.2 Å². The SMILES string of the molecule is NCCN1CCC(CF)C1. The van der Waals surface area contributed by atoms with Crippen molar-refractivity contribution < 1.29 is 4.39 Å². The van der Waals surface area contributed by atoms with E-state index >= 15 is 0 Å². The molecule has 0 radical (unpaired) electrons. The molecular weight excluding hydrogens is 131 g/mol. The van der Waals surface area contributed by atoms with Crippen molar-refractivity contribution in [1.29, 1.82) is 0 Å². The summed E-state index contributed by atoms with van der Waals surface area (Å²) in [7, 11) is 0. The van der Waals surface area contributed by atoms with Gasteiger partial charge in [-0.25, -0.2) is 0 Å². The van der Waals surface area contributed by atoms with Gasteiger partial charge in [-0.2, -0.15) is 0 Å². The average Bonchev–Trinajstić information content (AvgIpc) is 2.37. The molecule has 0 aromatic carbocycles. The average molecular weight is 146 g/mol. The second kappa shape index (κ2) is 3.88. The third-order valence-corrected chi connectivity index (χ3v) is 2.03. The zero-order chi connectivity index (χ0) is 7.40. The van der Waals surface area contributed by atoms with Crippen LogP contribution in [-0.2, 0) is 0 Å².